The number of benzene rings is 2. The summed E-state index contributed by atoms with van der Waals surface area (Å²) in [5.41, 5.74) is 0.975. The van der Waals surface area contributed by atoms with Crippen LogP contribution in [-0.4, -0.2) is 11.6 Å². The van der Waals surface area contributed by atoms with Crippen LogP contribution in [0, 0.1) is 5.82 Å². The summed E-state index contributed by atoms with van der Waals surface area (Å²) in [5.74, 6) is -0.502. The monoisotopic (exact) mass is 423 g/mol. The summed E-state index contributed by atoms with van der Waals surface area (Å²) < 4.78 is 59.2. The Hall–Kier alpha value is -2.41. The van der Waals surface area contributed by atoms with Crippen molar-refractivity contribution in [3.8, 4) is 17.0 Å². The highest BCUT2D eigenvalue weighted by Gasteiger charge is 2.34. The van der Waals surface area contributed by atoms with Gasteiger partial charge in [-0.25, -0.2) is 9.37 Å². The molecule has 0 atom stereocenters. The van der Waals surface area contributed by atoms with Crippen LogP contribution < -0.4 is 4.74 Å². The van der Waals surface area contributed by atoms with Gasteiger partial charge in [0, 0.05) is 17.4 Å². The van der Waals surface area contributed by atoms with Crippen LogP contribution in [0.5, 0.6) is 5.75 Å². The summed E-state index contributed by atoms with van der Waals surface area (Å²) >= 11 is 1.34. The lowest BCUT2D eigenvalue weighted by molar-refractivity contribution is -0.139. The van der Waals surface area contributed by atoms with Crippen molar-refractivity contribution in [3.63, 3.8) is 0 Å². The second-order valence-electron chi connectivity index (χ2n) is 6.70. The third-order valence-electron chi connectivity index (χ3n) is 4.38. The van der Waals surface area contributed by atoms with E-state index < -0.39 is 11.7 Å². The number of nitrogens with zero attached hydrogens (tertiary/aromatic N) is 1. The Kier molecular flexibility index (Phi) is 6.90. The maximum atomic E-state index is 13.5. The molecule has 0 saturated heterocycles. The third-order valence-corrected chi connectivity index (χ3v) is 5.23. The average Bonchev–Trinajstić information content (AvgIpc) is 3.14. The standard InChI is InChI=1S/C22H21F4NOS/c1-2-3-4-10-28-20-9-8-15(11-18(20)22(24,25)26)12-21-27-19(14-29-21)16-6-5-7-17(23)13-16/h5-9,11,13-14H,2-4,10,12H2,1H3. The molecule has 0 aliphatic heterocycles. The molecule has 0 bridgehead atoms. The molecule has 0 fully saturated rings. The topological polar surface area (TPSA) is 22.1 Å². The van der Waals surface area contributed by atoms with Gasteiger partial charge in [-0.3, -0.25) is 0 Å². The lowest BCUT2D eigenvalue weighted by atomic mass is 10.1. The summed E-state index contributed by atoms with van der Waals surface area (Å²) in [6.07, 6.45) is -1.63. The first kappa shape index (κ1) is 21.3. The van der Waals surface area contributed by atoms with Crippen LogP contribution in [0.3, 0.4) is 0 Å². The maximum absolute atomic E-state index is 13.5. The van der Waals surface area contributed by atoms with Gasteiger partial charge < -0.3 is 4.74 Å². The quantitative estimate of drug-likeness (QED) is 0.284. The van der Waals surface area contributed by atoms with Crippen LogP contribution in [0.4, 0.5) is 17.6 Å². The van der Waals surface area contributed by atoms with Crippen LogP contribution in [0.2, 0.25) is 0 Å². The minimum Gasteiger partial charge on any atom is -0.493 e. The predicted octanol–water partition coefficient (Wildman–Crippen LogP) is 7.13. The van der Waals surface area contributed by atoms with Gasteiger partial charge in [-0.2, -0.15) is 13.2 Å². The third kappa shape index (κ3) is 5.79. The highest BCUT2D eigenvalue weighted by Crippen LogP contribution is 2.37. The molecule has 0 aliphatic rings. The van der Waals surface area contributed by atoms with Crippen molar-refractivity contribution in [3.05, 3.63) is 69.8 Å². The van der Waals surface area contributed by atoms with Gasteiger partial charge in [-0.05, 0) is 36.2 Å². The van der Waals surface area contributed by atoms with Crippen molar-refractivity contribution in [2.75, 3.05) is 6.61 Å². The second kappa shape index (κ2) is 9.39. The van der Waals surface area contributed by atoms with Crippen molar-refractivity contribution in [1.82, 2.24) is 4.98 Å². The van der Waals surface area contributed by atoms with E-state index in [9.17, 15) is 17.6 Å². The largest absolute Gasteiger partial charge is 0.493 e. The van der Waals surface area contributed by atoms with Crippen molar-refractivity contribution in [2.24, 2.45) is 0 Å². The first-order valence-corrected chi connectivity index (χ1v) is 10.3. The average molecular weight is 423 g/mol. The lowest BCUT2D eigenvalue weighted by Crippen LogP contribution is -2.10. The Bertz CT molecular complexity index is 952. The zero-order chi connectivity index (χ0) is 20.9. The Morgan fingerprint density at radius 3 is 2.62 bits per heavy atom. The van der Waals surface area contributed by atoms with E-state index in [1.807, 2.05) is 6.92 Å². The summed E-state index contributed by atoms with van der Waals surface area (Å²) in [5, 5.41) is 2.44. The number of hydrogen-bond donors (Lipinski definition) is 0. The number of ether oxygens (including phenoxy) is 1. The summed E-state index contributed by atoms with van der Waals surface area (Å²) in [6.45, 7) is 2.29. The van der Waals surface area contributed by atoms with E-state index in [4.69, 9.17) is 4.74 Å². The Balaban J connectivity index is 1.77. The molecule has 3 rings (SSSR count). The lowest BCUT2D eigenvalue weighted by Gasteiger charge is -2.15. The smallest absolute Gasteiger partial charge is 0.419 e. The molecule has 0 aliphatic carbocycles. The van der Waals surface area contributed by atoms with Crippen molar-refractivity contribution < 1.29 is 22.3 Å². The molecular weight excluding hydrogens is 402 g/mol. The fourth-order valence-corrected chi connectivity index (χ4v) is 3.75. The van der Waals surface area contributed by atoms with E-state index in [0.717, 1.165) is 25.3 Å². The van der Waals surface area contributed by atoms with E-state index in [1.54, 1.807) is 23.6 Å². The van der Waals surface area contributed by atoms with Gasteiger partial charge in [0.25, 0.3) is 0 Å². The minimum atomic E-state index is -4.49. The van der Waals surface area contributed by atoms with Crippen LogP contribution >= 0.6 is 11.3 Å². The molecule has 29 heavy (non-hydrogen) atoms. The summed E-state index contributed by atoms with van der Waals surface area (Å²) in [4.78, 5) is 4.44. The van der Waals surface area contributed by atoms with Crippen molar-refractivity contribution >= 4 is 11.3 Å². The Morgan fingerprint density at radius 2 is 1.90 bits per heavy atom. The zero-order valence-electron chi connectivity index (χ0n) is 15.9. The summed E-state index contributed by atoms with van der Waals surface area (Å²) in [6, 6.07) is 10.2. The molecule has 154 valence electrons. The molecule has 3 aromatic rings. The van der Waals surface area contributed by atoms with E-state index >= 15 is 0 Å². The van der Waals surface area contributed by atoms with Gasteiger partial charge in [-0.15, -0.1) is 11.3 Å². The molecule has 1 heterocycles. The fraction of sp³-hybridized carbons (Fsp3) is 0.318. The van der Waals surface area contributed by atoms with E-state index in [-0.39, 0.29) is 24.6 Å². The normalized spacial score (nSPS) is 11.6. The highest BCUT2D eigenvalue weighted by atomic mass is 32.1. The van der Waals surface area contributed by atoms with Gasteiger partial charge in [-0.1, -0.05) is 38.0 Å². The number of unbranched alkanes of at least 4 members (excludes halogenated alkanes) is 2. The molecule has 1 aromatic heterocycles. The van der Waals surface area contributed by atoms with Crippen molar-refractivity contribution in [2.45, 2.75) is 38.8 Å². The molecule has 0 saturated carbocycles. The van der Waals surface area contributed by atoms with Gasteiger partial charge in [0.05, 0.1) is 22.9 Å². The number of hydrogen-bond acceptors (Lipinski definition) is 3. The molecule has 2 nitrogen and oxygen atoms in total. The molecule has 0 N–H and O–H groups in total. The molecule has 0 spiro atoms. The Morgan fingerprint density at radius 1 is 1.07 bits per heavy atom. The van der Waals surface area contributed by atoms with Crippen LogP contribution in [0.1, 0.15) is 42.3 Å². The van der Waals surface area contributed by atoms with E-state index in [0.29, 0.717) is 21.8 Å². The molecular formula is C22H21F4NOS. The maximum Gasteiger partial charge on any atom is 0.419 e. The second-order valence-corrected chi connectivity index (χ2v) is 7.64. The molecule has 7 heteroatoms. The van der Waals surface area contributed by atoms with Gasteiger partial charge in [0.15, 0.2) is 0 Å². The van der Waals surface area contributed by atoms with Crippen molar-refractivity contribution in [1.29, 1.82) is 0 Å². The minimum absolute atomic E-state index is 0.142. The molecule has 2 aromatic carbocycles. The molecule has 0 amide bonds. The zero-order valence-corrected chi connectivity index (χ0v) is 16.7. The number of rotatable bonds is 8. The summed E-state index contributed by atoms with van der Waals surface area (Å²) in [7, 11) is 0. The van der Waals surface area contributed by atoms with Crippen LogP contribution in [0.25, 0.3) is 11.3 Å². The van der Waals surface area contributed by atoms with Crippen LogP contribution in [0.15, 0.2) is 47.8 Å². The highest BCUT2D eigenvalue weighted by molar-refractivity contribution is 7.10. The Labute approximate surface area is 171 Å². The SMILES string of the molecule is CCCCCOc1ccc(Cc2nc(-c3cccc(F)c3)cs2)cc1C(F)(F)F. The predicted molar refractivity (Wildman–Crippen MR) is 107 cm³/mol. The first-order chi connectivity index (χ1) is 13.9. The number of thiazole rings is 1. The fourth-order valence-electron chi connectivity index (χ4n) is 2.92. The van der Waals surface area contributed by atoms with E-state index in [2.05, 4.69) is 4.98 Å². The van der Waals surface area contributed by atoms with E-state index in [1.165, 1.54) is 29.5 Å². The number of aromatic nitrogens is 1. The van der Waals surface area contributed by atoms with Gasteiger partial charge in [0.1, 0.15) is 11.6 Å². The number of halogens is 4. The van der Waals surface area contributed by atoms with Gasteiger partial charge >= 0.3 is 6.18 Å². The molecule has 0 radical (unpaired) electrons. The molecule has 0 unspecified atom stereocenters. The van der Waals surface area contributed by atoms with Gasteiger partial charge in [0.2, 0.25) is 0 Å². The van der Waals surface area contributed by atoms with Crippen LogP contribution in [-0.2, 0) is 12.6 Å². The first-order valence-electron chi connectivity index (χ1n) is 9.40. The number of alkyl halides is 3.